The zero-order chi connectivity index (χ0) is 20.0. The second kappa shape index (κ2) is 7.15. The van der Waals surface area contributed by atoms with Crippen LogP contribution in [-0.2, 0) is 9.59 Å². The van der Waals surface area contributed by atoms with Gasteiger partial charge in [-0.1, -0.05) is 23.7 Å². The van der Waals surface area contributed by atoms with E-state index in [0.717, 1.165) is 30.0 Å². The van der Waals surface area contributed by atoms with Crippen LogP contribution >= 0.6 is 11.6 Å². The number of benzene rings is 1. The number of hydrogen-bond acceptors (Lipinski definition) is 4. The SMILES string of the molecule is O=C1C[C@H](C(=O)N2CCC[C@H]2c2nnc3ccccn23)CN1c1cccc(Cl)c1. The molecule has 2 aliphatic rings. The van der Waals surface area contributed by atoms with Gasteiger partial charge in [-0.3, -0.25) is 14.0 Å². The second-order valence-corrected chi connectivity index (χ2v) is 8.00. The van der Waals surface area contributed by atoms with E-state index in [1.807, 2.05) is 45.8 Å². The predicted molar refractivity (Wildman–Crippen MR) is 109 cm³/mol. The Kier molecular flexibility index (Phi) is 4.47. The number of anilines is 1. The third-order valence-corrected chi connectivity index (χ3v) is 6.00. The van der Waals surface area contributed by atoms with E-state index in [0.29, 0.717) is 18.1 Å². The van der Waals surface area contributed by atoms with E-state index in [9.17, 15) is 9.59 Å². The van der Waals surface area contributed by atoms with Crippen molar-refractivity contribution in [1.29, 1.82) is 0 Å². The predicted octanol–water partition coefficient (Wildman–Crippen LogP) is 3.10. The van der Waals surface area contributed by atoms with Gasteiger partial charge in [0.25, 0.3) is 0 Å². The van der Waals surface area contributed by atoms with Crippen molar-refractivity contribution in [3.8, 4) is 0 Å². The molecule has 148 valence electrons. The van der Waals surface area contributed by atoms with Gasteiger partial charge in [0.05, 0.1) is 12.0 Å². The fraction of sp³-hybridized carbons (Fsp3) is 0.333. The van der Waals surface area contributed by atoms with Crippen molar-refractivity contribution in [2.45, 2.75) is 25.3 Å². The average molecular weight is 410 g/mol. The summed E-state index contributed by atoms with van der Waals surface area (Å²) < 4.78 is 1.94. The number of nitrogens with zero attached hydrogens (tertiary/aromatic N) is 5. The maximum absolute atomic E-state index is 13.3. The third kappa shape index (κ3) is 3.15. The summed E-state index contributed by atoms with van der Waals surface area (Å²) in [5, 5.41) is 9.15. The van der Waals surface area contributed by atoms with Gasteiger partial charge in [0.1, 0.15) is 0 Å². The van der Waals surface area contributed by atoms with Gasteiger partial charge in [0, 0.05) is 36.4 Å². The quantitative estimate of drug-likeness (QED) is 0.666. The Morgan fingerprint density at radius 3 is 2.90 bits per heavy atom. The zero-order valence-corrected chi connectivity index (χ0v) is 16.5. The second-order valence-electron chi connectivity index (χ2n) is 7.56. The van der Waals surface area contributed by atoms with Crippen LogP contribution in [0, 0.1) is 5.92 Å². The number of halogens is 1. The first-order chi connectivity index (χ1) is 14.1. The van der Waals surface area contributed by atoms with E-state index in [2.05, 4.69) is 10.2 Å². The minimum atomic E-state index is -0.360. The van der Waals surface area contributed by atoms with Gasteiger partial charge in [-0.15, -0.1) is 10.2 Å². The number of aromatic nitrogens is 3. The number of rotatable bonds is 3. The lowest BCUT2D eigenvalue weighted by atomic mass is 10.1. The zero-order valence-electron chi connectivity index (χ0n) is 15.7. The minimum Gasteiger partial charge on any atom is -0.332 e. The maximum Gasteiger partial charge on any atom is 0.228 e. The van der Waals surface area contributed by atoms with Gasteiger partial charge in [-0.25, -0.2) is 0 Å². The number of amides is 2. The monoisotopic (exact) mass is 409 g/mol. The van der Waals surface area contributed by atoms with Crippen molar-refractivity contribution >= 4 is 34.7 Å². The molecule has 2 fully saturated rings. The van der Waals surface area contributed by atoms with Gasteiger partial charge in [0.2, 0.25) is 11.8 Å². The molecule has 4 heterocycles. The molecule has 29 heavy (non-hydrogen) atoms. The van der Waals surface area contributed by atoms with E-state index in [4.69, 9.17) is 11.6 Å². The average Bonchev–Trinajstić information content (AvgIpc) is 3.45. The number of likely N-dealkylation sites (tertiary alicyclic amines) is 1. The summed E-state index contributed by atoms with van der Waals surface area (Å²) in [7, 11) is 0. The van der Waals surface area contributed by atoms with E-state index < -0.39 is 0 Å². The van der Waals surface area contributed by atoms with Crippen molar-refractivity contribution in [2.75, 3.05) is 18.0 Å². The molecule has 2 aromatic heterocycles. The molecule has 2 saturated heterocycles. The molecule has 0 aliphatic carbocycles. The largest absolute Gasteiger partial charge is 0.332 e. The normalized spacial score (nSPS) is 22.0. The summed E-state index contributed by atoms with van der Waals surface area (Å²) in [6.45, 7) is 1.05. The Morgan fingerprint density at radius 2 is 2.03 bits per heavy atom. The Morgan fingerprint density at radius 1 is 1.14 bits per heavy atom. The molecule has 2 amide bonds. The summed E-state index contributed by atoms with van der Waals surface area (Å²) in [4.78, 5) is 29.5. The van der Waals surface area contributed by atoms with Gasteiger partial charge >= 0.3 is 0 Å². The first-order valence-electron chi connectivity index (χ1n) is 9.78. The lowest BCUT2D eigenvalue weighted by Gasteiger charge is -2.26. The summed E-state index contributed by atoms with van der Waals surface area (Å²) in [5.41, 5.74) is 1.50. The fourth-order valence-corrected chi connectivity index (χ4v) is 4.57. The molecular weight excluding hydrogens is 390 g/mol. The van der Waals surface area contributed by atoms with Crippen LogP contribution in [0.3, 0.4) is 0 Å². The van der Waals surface area contributed by atoms with Crippen molar-refractivity contribution in [3.63, 3.8) is 0 Å². The minimum absolute atomic E-state index is 0.0121. The smallest absolute Gasteiger partial charge is 0.228 e. The van der Waals surface area contributed by atoms with Crippen LogP contribution in [0.15, 0.2) is 48.7 Å². The van der Waals surface area contributed by atoms with Crippen LogP contribution in [0.2, 0.25) is 5.02 Å². The molecule has 8 heteroatoms. The summed E-state index contributed by atoms with van der Waals surface area (Å²) >= 11 is 6.07. The van der Waals surface area contributed by atoms with Crippen LogP contribution in [0.25, 0.3) is 5.65 Å². The number of carbonyl (C=O) groups is 2. The third-order valence-electron chi connectivity index (χ3n) is 5.77. The lowest BCUT2D eigenvalue weighted by Crippen LogP contribution is -2.37. The Labute approximate surface area is 172 Å². The Balaban J connectivity index is 1.38. The molecule has 2 aliphatic heterocycles. The number of fused-ring (bicyclic) bond motifs is 1. The van der Waals surface area contributed by atoms with Gasteiger partial charge < -0.3 is 9.80 Å². The molecule has 0 spiro atoms. The van der Waals surface area contributed by atoms with Gasteiger partial charge in [-0.2, -0.15) is 0 Å². The highest BCUT2D eigenvalue weighted by Gasteiger charge is 2.41. The highest BCUT2D eigenvalue weighted by molar-refractivity contribution is 6.31. The lowest BCUT2D eigenvalue weighted by molar-refractivity contribution is -0.136. The van der Waals surface area contributed by atoms with Crippen molar-refractivity contribution in [1.82, 2.24) is 19.5 Å². The van der Waals surface area contributed by atoms with Crippen LogP contribution in [0.1, 0.15) is 31.1 Å². The Hall–Kier alpha value is -2.93. The molecule has 0 bridgehead atoms. The Bertz CT molecular complexity index is 1100. The number of pyridine rings is 1. The van der Waals surface area contributed by atoms with Crippen LogP contribution in [-0.4, -0.2) is 44.4 Å². The van der Waals surface area contributed by atoms with Crippen molar-refractivity contribution in [3.05, 3.63) is 59.5 Å². The van der Waals surface area contributed by atoms with Crippen molar-refractivity contribution < 1.29 is 9.59 Å². The van der Waals surface area contributed by atoms with Crippen LogP contribution in [0.4, 0.5) is 5.69 Å². The molecule has 5 rings (SSSR count). The molecule has 3 aromatic rings. The van der Waals surface area contributed by atoms with E-state index in [1.165, 1.54) is 0 Å². The molecule has 0 radical (unpaired) electrons. The maximum atomic E-state index is 13.3. The first kappa shape index (κ1) is 18.1. The highest BCUT2D eigenvalue weighted by atomic mass is 35.5. The van der Waals surface area contributed by atoms with E-state index in [-0.39, 0.29) is 30.2 Å². The summed E-state index contributed by atoms with van der Waals surface area (Å²) in [6.07, 6.45) is 3.90. The molecule has 7 nitrogen and oxygen atoms in total. The van der Waals surface area contributed by atoms with E-state index in [1.54, 1.807) is 17.0 Å². The molecule has 0 saturated carbocycles. The molecule has 2 atom stereocenters. The number of hydrogen-bond donors (Lipinski definition) is 0. The molecular formula is C21H20ClN5O2. The molecule has 0 N–H and O–H groups in total. The standard InChI is InChI=1S/C21H20ClN5O2/c22-15-5-3-6-16(12-15)27-13-14(11-19(27)28)21(29)25-10-4-7-17(25)20-24-23-18-8-1-2-9-26(18)20/h1-3,5-6,8-9,12,14,17H,4,7,10-11,13H2/t14-,17-/m0/s1. The summed E-state index contributed by atoms with van der Waals surface area (Å²) in [5.74, 6) is 0.385. The fourth-order valence-electron chi connectivity index (χ4n) is 4.39. The van der Waals surface area contributed by atoms with Crippen LogP contribution in [0.5, 0.6) is 0 Å². The van der Waals surface area contributed by atoms with Gasteiger partial charge in [0.15, 0.2) is 11.5 Å². The number of carbonyl (C=O) groups excluding carboxylic acids is 2. The molecule has 0 unspecified atom stereocenters. The molecule has 1 aromatic carbocycles. The highest BCUT2D eigenvalue weighted by Crippen LogP contribution is 2.35. The van der Waals surface area contributed by atoms with Crippen molar-refractivity contribution in [2.24, 2.45) is 5.92 Å². The topological polar surface area (TPSA) is 70.8 Å². The van der Waals surface area contributed by atoms with Crippen LogP contribution < -0.4 is 4.90 Å². The first-order valence-corrected chi connectivity index (χ1v) is 10.2. The summed E-state index contributed by atoms with van der Waals surface area (Å²) in [6, 6.07) is 12.8. The van der Waals surface area contributed by atoms with Gasteiger partial charge in [-0.05, 0) is 43.2 Å². The van der Waals surface area contributed by atoms with E-state index >= 15 is 0 Å².